The van der Waals surface area contributed by atoms with Gasteiger partial charge in [-0.25, -0.2) is 0 Å². The molecule has 0 radical (unpaired) electrons. The van der Waals surface area contributed by atoms with E-state index in [0.29, 0.717) is 0 Å². The lowest BCUT2D eigenvalue weighted by Gasteiger charge is -2.04. The smallest absolute Gasteiger partial charge is 0.292 e. The molecule has 0 fully saturated rings. The second-order valence-corrected chi connectivity index (χ2v) is 7.50. The first-order chi connectivity index (χ1) is 12.6. The summed E-state index contributed by atoms with van der Waals surface area (Å²) in [5, 5.41) is 10.9. The predicted octanol–water partition coefficient (Wildman–Crippen LogP) is 7.20. The molecule has 1 aromatic rings. The van der Waals surface area contributed by atoms with Gasteiger partial charge >= 0.3 is 0 Å². The molecule has 0 atom stereocenters. The van der Waals surface area contributed by atoms with Gasteiger partial charge in [-0.3, -0.25) is 10.1 Å². The van der Waals surface area contributed by atoms with Crippen LogP contribution < -0.4 is 5.73 Å². The van der Waals surface area contributed by atoms with E-state index < -0.39 is 4.92 Å². The number of hydrogen-bond acceptors (Lipinski definition) is 3. The lowest BCUT2D eigenvalue weighted by molar-refractivity contribution is -0.384. The Hall–Kier alpha value is -1.58. The molecule has 4 nitrogen and oxygen atoms in total. The van der Waals surface area contributed by atoms with E-state index in [1.165, 1.54) is 83.5 Å². The standard InChI is InChI=1S/C22H38N2O2/c1-2-3-4-5-6-7-8-9-10-11-12-13-14-15-16-20-17-18-21(23)22(19-20)24(25)26/h17-19H,2-16,23H2,1H3. The van der Waals surface area contributed by atoms with Gasteiger partial charge in [-0.1, -0.05) is 96.5 Å². The van der Waals surface area contributed by atoms with Crippen molar-refractivity contribution in [1.29, 1.82) is 0 Å². The van der Waals surface area contributed by atoms with Crippen molar-refractivity contribution in [3.05, 3.63) is 33.9 Å². The largest absolute Gasteiger partial charge is 0.393 e. The number of nitro benzene ring substituents is 1. The minimum absolute atomic E-state index is 0.0351. The summed E-state index contributed by atoms with van der Waals surface area (Å²) in [6.07, 6.45) is 19.7. The van der Waals surface area contributed by atoms with Gasteiger partial charge < -0.3 is 5.73 Å². The molecule has 0 spiro atoms. The van der Waals surface area contributed by atoms with E-state index in [1.807, 2.05) is 6.07 Å². The van der Waals surface area contributed by atoms with E-state index in [2.05, 4.69) is 6.92 Å². The van der Waals surface area contributed by atoms with E-state index >= 15 is 0 Å². The lowest BCUT2D eigenvalue weighted by atomic mass is 10.0. The number of aryl methyl sites for hydroxylation is 1. The van der Waals surface area contributed by atoms with E-state index in [4.69, 9.17) is 5.73 Å². The molecule has 148 valence electrons. The number of nitrogens with two attached hydrogens (primary N) is 1. The maximum Gasteiger partial charge on any atom is 0.292 e. The molecular weight excluding hydrogens is 324 g/mol. The van der Waals surface area contributed by atoms with Gasteiger partial charge in [-0.2, -0.15) is 0 Å². The SMILES string of the molecule is CCCCCCCCCCCCCCCCc1ccc(N)c([N+](=O)[O-])c1. The van der Waals surface area contributed by atoms with Crippen LogP contribution in [0.4, 0.5) is 11.4 Å². The third-order valence-corrected chi connectivity index (χ3v) is 5.11. The summed E-state index contributed by atoms with van der Waals surface area (Å²) in [4.78, 5) is 10.5. The monoisotopic (exact) mass is 362 g/mol. The van der Waals surface area contributed by atoms with Crippen LogP contribution in [0.5, 0.6) is 0 Å². The van der Waals surface area contributed by atoms with E-state index in [0.717, 1.165) is 18.4 Å². The van der Waals surface area contributed by atoms with Crippen molar-refractivity contribution in [2.75, 3.05) is 5.73 Å². The lowest BCUT2D eigenvalue weighted by Crippen LogP contribution is -1.97. The molecule has 0 aliphatic carbocycles. The summed E-state index contributed by atoms with van der Waals surface area (Å²) in [5.41, 5.74) is 6.93. The highest BCUT2D eigenvalue weighted by molar-refractivity contribution is 5.59. The first kappa shape index (κ1) is 22.5. The summed E-state index contributed by atoms with van der Waals surface area (Å²) in [6, 6.07) is 5.18. The predicted molar refractivity (Wildman–Crippen MR) is 112 cm³/mol. The van der Waals surface area contributed by atoms with Crippen molar-refractivity contribution in [3.63, 3.8) is 0 Å². The molecule has 4 heteroatoms. The minimum Gasteiger partial charge on any atom is -0.393 e. The highest BCUT2D eigenvalue weighted by Crippen LogP contribution is 2.23. The fourth-order valence-corrected chi connectivity index (χ4v) is 3.43. The summed E-state index contributed by atoms with van der Waals surface area (Å²) >= 11 is 0. The molecule has 0 unspecified atom stereocenters. The van der Waals surface area contributed by atoms with Crippen LogP contribution in [0.15, 0.2) is 18.2 Å². The van der Waals surface area contributed by atoms with Gasteiger partial charge in [0.2, 0.25) is 0 Å². The van der Waals surface area contributed by atoms with Crippen molar-refractivity contribution in [3.8, 4) is 0 Å². The average molecular weight is 363 g/mol. The Balaban J connectivity index is 1.94. The third kappa shape index (κ3) is 10.4. The van der Waals surface area contributed by atoms with E-state index in [1.54, 1.807) is 12.1 Å². The summed E-state index contributed by atoms with van der Waals surface area (Å²) < 4.78 is 0. The number of nitrogens with zero attached hydrogens (tertiary/aromatic N) is 1. The maximum atomic E-state index is 10.9. The maximum absolute atomic E-state index is 10.9. The number of anilines is 1. The number of nitro groups is 1. The van der Waals surface area contributed by atoms with Crippen LogP contribution in [0.25, 0.3) is 0 Å². The zero-order valence-corrected chi connectivity index (χ0v) is 16.7. The van der Waals surface area contributed by atoms with Gasteiger partial charge in [-0.05, 0) is 24.5 Å². The molecule has 0 amide bonds. The van der Waals surface area contributed by atoms with Crippen LogP contribution in [0.3, 0.4) is 0 Å². The van der Waals surface area contributed by atoms with Gasteiger partial charge in [0, 0.05) is 6.07 Å². The minimum atomic E-state index is -0.399. The Bertz CT molecular complexity index is 503. The van der Waals surface area contributed by atoms with Gasteiger partial charge in [-0.15, -0.1) is 0 Å². The van der Waals surface area contributed by atoms with Crippen molar-refractivity contribution in [2.24, 2.45) is 0 Å². The van der Waals surface area contributed by atoms with Crippen molar-refractivity contribution < 1.29 is 4.92 Å². The topological polar surface area (TPSA) is 69.2 Å². The van der Waals surface area contributed by atoms with Gasteiger partial charge in [0.05, 0.1) is 4.92 Å². The third-order valence-electron chi connectivity index (χ3n) is 5.11. The Morgan fingerprint density at radius 3 is 1.73 bits per heavy atom. The molecule has 0 aromatic heterocycles. The second-order valence-electron chi connectivity index (χ2n) is 7.50. The second kappa shape index (κ2) is 14.6. The summed E-state index contributed by atoms with van der Waals surface area (Å²) in [5.74, 6) is 0. The summed E-state index contributed by atoms with van der Waals surface area (Å²) in [7, 11) is 0. The number of unbranched alkanes of at least 4 members (excludes halogenated alkanes) is 13. The van der Waals surface area contributed by atoms with E-state index in [-0.39, 0.29) is 11.4 Å². The highest BCUT2D eigenvalue weighted by Gasteiger charge is 2.11. The van der Waals surface area contributed by atoms with Crippen LogP contribution in [0, 0.1) is 10.1 Å². The molecular formula is C22H38N2O2. The quantitative estimate of drug-likeness (QED) is 0.146. The van der Waals surface area contributed by atoms with Crippen molar-refractivity contribution in [1.82, 2.24) is 0 Å². The first-order valence-corrected chi connectivity index (χ1v) is 10.7. The van der Waals surface area contributed by atoms with Crippen molar-refractivity contribution in [2.45, 2.75) is 103 Å². The van der Waals surface area contributed by atoms with Crippen LogP contribution in [0.2, 0.25) is 0 Å². The van der Waals surface area contributed by atoms with Crippen LogP contribution in [-0.4, -0.2) is 4.92 Å². The molecule has 0 aliphatic heterocycles. The Labute approximate surface area is 159 Å². The van der Waals surface area contributed by atoms with Gasteiger partial charge in [0.1, 0.15) is 5.69 Å². The van der Waals surface area contributed by atoms with Crippen molar-refractivity contribution >= 4 is 11.4 Å². The molecule has 0 heterocycles. The Morgan fingerprint density at radius 1 is 0.808 bits per heavy atom. The molecule has 0 saturated carbocycles. The van der Waals surface area contributed by atoms with Crippen LogP contribution in [0.1, 0.15) is 102 Å². The number of nitrogen functional groups attached to an aromatic ring is 1. The Kier molecular flexibility index (Phi) is 12.6. The highest BCUT2D eigenvalue weighted by atomic mass is 16.6. The summed E-state index contributed by atoms with van der Waals surface area (Å²) in [6.45, 7) is 2.27. The number of hydrogen-bond donors (Lipinski definition) is 1. The van der Waals surface area contributed by atoms with E-state index in [9.17, 15) is 10.1 Å². The number of rotatable bonds is 16. The van der Waals surface area contributed by atoms with Crippen LogP contribution in [-0.2, 0) is 6.42 Å². The Morgan fingerprint density at radius 2 is 1.27 bits per heavy atom. The molecule has 1 rings (SSSR count). The first-order valence-electron chi connectivity index (χ1n) is 10.7. The number of benzene rings is 1. The molecule has 0 bridgehead atoms. The van der Waals surface area contributed by atoms with Gasteiger partial charge in [0.15, 0.2) is 0 Å². The molecule has 0 aliphatic rings. The average Bonchev–Trinajstić information content (AvgIpc) is 2.63. The van der Waals surface area contributed by atoms with Gasteiger partial charge in [0.25, 0.3) is 5.69 Å². The molecule has 2 N–H and O–H groups in total. The zero-order valence-electron chi connectivity index (χ0n) is 16.7. The van der Waals surface area contributed by atoms with Crippen LogP contribution >= 0.6 is 0 Å². The normalized spacial score (nSPS) is 11.0. The zero-order chi connectivity index (χ0) is 19.0. The fraction of sp³-hybridized carbons (Fsp3) is 0.727. The molecule has 0 saturated heterocycles. The fourth-order valence-electron chi connectivity index (χ4n) is 3.43. The molecule has 26 heavy (non-hydrogen) atoms. The molecule has 1 aromatic carbocycles.